The van der Waals surface area contributed by atoms with E-state index in [-0.39, 0.29) is 25.5 Å². The summed E-state index contributed by atoms with van der Waals surface area (Å²) >= 11 is 3.46. The van der Waals surface area contributed by atoms with Crippen LogP contribution in [-0.4, -0.2) is 29.1 Å². The number of rotatable bonds is 6. The molecule has 0 aliphatic rings. The van der Waals surface area contributed by atoms with Gasteiger partial charge in [-0.15, -0.1) is 0 Å². The summed E-state index contributed by atoms with van der Waals surface area (Å²) in [4.78, 5) is 15.6. The van der Waals surface area contributed by atoms with E-state index in [2.05, 4.69) is 26.2 Å². The zero-order valence-electron chi connectivity index (χ0n) is 10.8. The molecule has 0 saturated carbocycles. The number of carbonyl (C=O) groups is 1. The smallest absolute Gasteiger partial charge is 0.220 e. The highest BCUT2D eigenvalue weighted by Gasteiger charge is 2.10. The number of nitrogens with zero attached hydrogens (tertiary/aromatic N) is 1. The molecule has 1 heterocycles. The molecule has 0 unspecified atom stereocenters. The van der Waals surface area contributed by atoms with Crippen LogP contribution in [0.1, 0.15) is 12.3 Å². The maximum atomic E-state index is 11.4. The van der Waals surface area contributed by atoms with E-state index in [0.717, 1.165) is 10.0 Å². The van der Waals surface area contributed by atoms with Gasteiger partial charge in [-0.2, -0.15) is 0 Å². The van der Waals surface area contributed by atoms with Gasteiger partial charge in [-0.3, -0.25) is 4.79 Å². The quantitative estimate of drug-likeness (QED) is 0.846. The van der Waals surface area contributed by atoms with Gasteiger partial charge in [-0.25, -0.2) is 4.98 Å². The molecule has 2 aromatic rings. The predicted octanol–water partition coefficient (Wildman–Crippen LogP) is 2.15. The Labute approximate surface area is 125 Å². The fourth-order valence-corrected chi connectivity index (χ4v) is 2.20. The average molecular weight is 339 g/mol. The standard InChI is InChI=1S/C14H15BrN2O3/c15-11-4-2-1-3-10(11)12-9-17-14(20-12)6-5-13(19)16-7-8-18/h1-4,9,18H,5-8H2,(H,16,19). The second kappa shape index (κ2) is 7.21. The number of benzene rings is 1. The van der Waals surface area contributed by atoms with Crippen LogP contribution in [-0.2, 0) is 11.2 Å². The first-order valence-corrected chi connectivity index (χ1v) is 7.07. The van der Waals surface area contributed by atoms with Crippen molar-refractivity contribution in [3.8, 4) is 11.3 Å². The maximum absolute atomic E-state index is 11.4. The number of halogens is 1. The second-order valence-corrected chi connectivity index (χ2v) is 5.03. The van der Waals surface area contributed by atoms with Gasteiger partial charge in [-0.1, -0.05) is 34.1 Å². The van der Waals surface area contributed by atoms with Crippen molar-refractivity contribution in [2.45, 2.75) is 12.8 Å². The van der Waals surface area contributed by atoms with E-state index in [9.17, 15) is 4.79 Å². The number of nitrogens with one attached hydrogen (secondary N) is 1. The summed E-state index contributed by atoms with van der Waals surface area (Å²) in [6, 6.07) is 7.71. The van der Waals surface area contributed by atoms with Crippen molar-refractivity contribution in [1.82, 2.24) is 10.3 Å². The van der Waals surface area contributed by atoms with Crippen LogP contribution >= 0.6 is 15.9 Å². The van der Waals surface area contributed by atoms with Gasteiger partial charge in [0.2, 0.25) is 5.91 Å². The maximum Gasteiger partial charge on any atom is 0.220 e. The molecule has 0 bridgehead atoms. The Bertz CT molecular complexity index is 583. The lowest BCUT2D eigenvalue weighted by Gasteiger charge is -2.01. The van der Waals surface area contributed by atoms with Crippen molar-refractivity contribution in [3.05, 3.63) is 40.8 Å². The van der Waals surface area contributed by atoms with Crippen molar-refractivity contribution in [3.63, 3.8) is 0 Å². The number of aliphatic hydroxyl groups is 1. The summed E-state index contributed by atoms with van der Waals surface area (Å²) in [5, 5.41) is 11.2. The second-order valence-electron chi connectivity index (χ2n) is 4.17. The van der Waals surface area contributed by atoms with Gasteiger partial charge in [0.15, 0.2) is 11.7 Å². The van der Waals surface area contributed by atoms with Crippen LogP contribution in [0.15, 0.2) is 39.4 Å². The number of aryl methyl sites for hydroxylation is 1. The molecule has 20 heavy (non-hydrogen) atoms. The monoisotopic (exact) mass is 338 g/mol. The fourth-order valence-electron chi connectivity index (χ4n) is 1.72. The van der Waals surface area contributed by atoms with Gasteiger partial charge in [0.25, 0.3) is 0 Å². The van der Waals surface area contributed by atoms with E-state index >= 15 is 0 Å². The van der Waals surface area contributed by atoms with Crippen LogP contribution in [0.4, 0.5) is 0 Å². The van der Waals surface area contributed by atoms with Crippen LogP contribution in [0, 0.1) is 0 Å². The first kappa shape index (κ1) is 14.7. The molecule has 0 atom stereocenters. The van der Waals surface area contributed by atoms with Crippen molar-refractivity contribution < 1.29 is 14.3 Å². The molecule has 1 aromatic heterocycles. The van der Waals surface area contributed by atoms with Gasteiger partial charge in [-0.05, 0) is 6.07 Å². The van der Waals surface area contributed by atoms with E-state index in [4.69, 9.17) is 9.52 Å². The number of hydrogen-bond donors (Lipinski definition) is 2. The molecule has 5 nitrogen and oxygen atoms in total. The summed E-state index contributed by atoms with van der Waals surface area (Å²) in [5.74, 6) is 1.07. The lowest BCUT2D eigenvalue weighted by Crippen LogP contribution is -2.26. The highest BCUT2D eigenvalue weighted by atomic mass is 79.9. The van der Waals surface area contributed by atoms with E-state index in [1.54, 1.807) is 6.20 Å². The van der Waals surface area contributed by atoms with Gasteiger partial charge >= 0.3 is 0 Å². The van der Waals surface area contributed by atoms with Gasteiger partial charge in [0.05, 0.1) is 12.8 Å². The molecule has 106 valence electrons. The average Bonchev–Trinajstić information content (AvgIpc) is 2.92. The largest absolute Gasteiger partial charge is 0.441 e. The summed E-state index contributed by atoms with van der Waals surface area (Å²) in [6.07, 6.45) is 2.37. The molecular formula is C14H15BrN2O3. The lowest BCUT2D eigenvalue weighted by atomic mass is 10.2. The molecule has 0 aliphatic carbocycles. The molecule has 0 fully saturated rings. The van der Waals surface area contributed by atoms with E-state index in [1.807, 2.05) is 24.3 Å². The Morgan fingerprint density at radius 1 is 1.40 bits per heavy atom. The summed E-state index contributed by atoms with van der Waals surface area (Å²) in [6.45, 7) is 0.212. The Morgan fingerprint density at radius 3 is 2.95 bits per heavy atom. The number of aliphatic hydroxyl groups excluding tert-OH is 1. The highest BCUT2D eigenvalue weighted by Crippen LogP contribution is 2.28. The lowest BCUT2D eigenvalue weighted by molar-refractivity contribution is -0.121. The molecule has 0 spiro atoms. The molecule has 0 aliphatic heterocycles. The van der Waals surface area contributed by atoms with E-state index in [0.29, 0.717) is 18.1 Å². The zero-order valence-corrected chi connectivity index (χ0v) is 12.4. The van der Waals surface area contributed by atoms with Crippen LogP contribution in [0.5, 0.6) is 0 Å². The molecule has 2 N–H and O–H groups in total. The first-order chi connectivity index (χ1) is 9.70. The Balaban J connectivity index is 1.96. The van der Waals surface area contributed by atoms with E-state index < -0.39 is 0 Å². The predicted molar refractivity (Wildman–Crippen MR) is 78.1 cm³/mol. The SMILES string of the molecule is O=C(CCc1ncc(-c2ccccc2Br)o1)NCCO. The van der Waals surface area contributed by atoms with Gasteiger partial charge < -0.3 is 14.8 Å². The molecule has 0 radical (unpaired) electrons. The fraction of sp³-hybridized carbons (Fsp3) is 0.286. The number of carbonyl (C=O) groups excluding carboxylic acids is 1. The Kier molecular flexibility index (Phi) is 5.31. The molecule has 0 saturated heterocycles. The Morgan fingerprint density at radius 2 is 2.20 bits per heavy atom. The minimum absolute atomic E-state index is 0.0586. The van der Waals surface area contributed by atoms with Crippen LogP contribution in [0.25, 0.3) is 11.3 Å². The van der Waals surface area contributed by atoms with Gasteiger partial charge in [0, 0.05) is 29.4 Å². The minimum Gasteiger partial charge on any atom is -0.441 e. The molecule has 2 rings (SSSR count). The van der Waals surface area contributed by atoms with Crippen molar-refractivity contribution in [2.75, 3.05) is 13.2 Å². The summed E-state index contributed by atoms with van der Waals surface area (Å²) in [5.41, 5.74) is 0.927. The third kappa shape index (κ3) is 3.91. The number of amides is 1. The van der Waals surface area contributed by atoms with Crippen LogP contribution < -0.4 is 5.32 Å². The van der Waals surface area contributed by atoms with E-state index in [1.165, 1.54) is 0 Å². The molecule has 1 amide bonds. The summed E-state index contributed by atoms with van der Waals surface area (Å²) < 4.78 is 6.57. The van der Waals surface area contributed by atoms with Crippen LogP contribution in [0.3, 0.4) is 0 Å². The number of aromatic nitrogens is 1. The van der Waals surface area contributed by atoms with Crippen molar-refractivity contribution >= 4 is 21.8 Å². The van der Waals surface area contributed by atoms with Gasteiger partial charge in [0.1, 0.15) is 0 Å². The highest BCUT2D eigenvalue weighted by molar-refractivity contribution is 9.10. The van der Waals surface area contributed by atoms with Crippen LogP contribution in [0.2, 0.25) is 0 Å². The minimum atomic E-state index is -0.125. The molecule has 1 aromatic carbocycles. The topological polar surface area (TPSA) is 75.4 Å². The third-order valence-electron chi connectivity index (χ3n) is 2.69. The molecular weight excluding hydrogens is 324 g/mol. The zero-order chi connectivity index (χ0) is 14.4. The Hall–Kier alpha value is -1.66. The number of hydrogen-bond acceptors (Lipinski definition) is 4. The normalized spacial score (nSPS) is 10.5. The number of oxazole rings is 1. The first-order valence-electron chi connectivity index (χ1n) is 6.28. The van der Waals surface area contributed by atoms with Crippen molar-refractivity contribution in [2.24, 2.45) is 0 Å². The van der Waals surface area contributed by atoms with Crippen molar-refractivity contribution in [1.29, 1.82) is 0 Å². The summed E-state index contributed by atoms with van der Waals surface area (Å²) in [7, 11) is 0. The third-order valence-corrected chi connectivity index (χ3v) is 3.38. The molecule has 6 heteroatoms.